The summed E-state index contributed by atoms with van der Waals surface area (Å²) in [6.07, 6.45) is 17.1. The Morgan fingerprint density at radius 2 is 2.03 bits per heavy atom. The number of thioether (sulfide) groups is 1. The Balaban J connectivity index is 1.29. The Morgan fingerprint density at radius 3 is 2.79 bits per heavy atom. The smallest absolute Gasteiger partial charge is 0.227 e. The summed E-state index contributed by atoms with van der Waals surface area (Å²) in [6.45, 7) is 2.70. The Hall–Kier alpha value is -2.31. The second-order valence-electron chi connectivity index (χ2n) is 8.96. The molecule has 5 rings (SSSR count). The van der Waals surface area contributed by atoms with Crippen molar-refractivity contribution in [2.45, 2.75) is 30.1 Å². The van der Waals surface area contributed by atoms with Crippen LogP contribution in [0.25, 0.3) is 5.57 Å². The molecule has 1 atom stereocenters. The number of piperidine rings is 1. The zero-order valence-corrected chi connectivity index (χ0v) is 20.9. The van der Waals surface area contributed by atoms with Crippen molar-refractivity contribution in [3.63, 3.8) is 0 Å². The van der Waals surface area contributed by atoms with Crippen LogP contribution in [-0.4, -0.2) is 46.1 Å². The van der Waals surface area contributed by atoms with Gasteiger partial charge < -0.3 is 14.7 Å². The molecule has 4 nitrogen and oxygen atoms in total. The molecule has 3 aliphatic rings. The number of ether oxygens (including phenoxy) is 1. The fourth-order valence-electron chi connectivity index (χ4n) is 4.84. The van der Waals surface area contributed by atoms with Crippen LogP contribution >= 0.6 is 23.4 Å². The lowest BCUT2D eigenvalue weighted by atomic mass is 9.84. The molecule has 0 amide bonds. The van der Waals surface area contributed by atoms with Crippen molar-refractivity contribution in [1.29, 1.82) is 0 Å². The van der Waals surface area contributed by atoms with E-state index in [2.05, 4.69) is 46.5 Å². The van der Waals surface area contributed by atoms with Crippen LogP contribution in [0.4, 0.5) is 0 Å². The molecule has 1 aliphatic carbocycles. The first-order chi connectivity index (χ1) is 16.6. The van der Waals surface area contributed by atoms with E-state index in [0.717, 1.165) is 61.4 Å². The molecule has 0 spiro atoms. The van der Waals surface area contributed by atoms with Crippen LogP contribution in [0.2, 0.25) is 5.02 Å². The molecule has 0 saturated carbocycles. The molecule has 3 heterocycles. The van der Waals surface area contributed by atoms with Gasteiger partial charge in [-0.05, 0) is 73.1 Å². The number of hydrogen-bond acceptors (Lipinski definition) is 5. The molecule has 1 N–H and O–H groups in total. The highest BCUT2D eigenvalue weighted by Gasteiger charge is 2.33. The fraction of sp³-hybridized carbons (Fsp3) is 0.321. The Morgan fingerprint density at radius 1 is 1.24 bits per heavy atom. The van der Waals surface area contributed by atoms with Gasteiger partial charge in [-0.1, -0.05) is 42.0 Å². The summed E-state index contributed by atoms with van der Waals surface area (Å²) in [5.74, 6) is 1.54. The van der Waals surface area contributed by atoms with E-state index in [1.807, 2.05) is 36.4 Å². The molecule has 6 heteroatoms. The number of nitrogens with zero attached hydrogens (tertiary/aromatic N) is 2. The molecule has 1 unspecified atom stereocenters. The number of pyridine rings is 1. The number of aliphatic hydroxyl groups is 1. The maximum Gasteiger partial charge on any atom is 0.227 e. The zero-order valence-electron chi connectivity index (χ0n) is 19.3. The van der Waals surface area contributed by atoms with E-state index in [9.17, 15) is 5.11 Å². The van der Waals surface area contributed by atoms with Crippen molar-refractivity contribution in [1.82, 2.24) is 9.88 Å². The molecule has 34 heavy (non-hydrogen) atoms. The Kier molecular flexibility index (Phi) is 6.98. The monoisotopic (exact) mass is 492 g/mol. The number of halogens is 1. The van der Waals surface area contributed by atoms with Gasteiger partial charge in [0.05, 0.1) is 10.9 Å². The van der Waals surface area contributed by atoms with E-state index in [1.54, 1.807) is 18.0 Å². The zero-order chi connectivity index (χ0) is 23.5. The molecule has 2 aromatic rings. The molecule has 1 aromatic heterocycles. The summed E-state index contributed by atoms with van der Waals surface area (Å²) < 4.78 is 6.22. The second-order valence-corrected chi connectivity index (χ2v) is 10.4. The average molecular weight is 493 g/mol. The van der Waals surface area contributed by atoms with Gasteiger partial charge in [0.1, 0.15) is 5.76 Å². The summed E-state index contributed by atoms with van der Waals surface area (Å²) in [5, 5.41) is 12.1. The fourth-order valence-corrected chi connectivity index (χ4v) is 5.66. The van der Waals surface area contributed by atoms with E-state index >= 15 is 0 Å². The van der Waals surface area contributed by atoms with Crippen molar-refractivity contribution in [2.75, 3.05) is 25.9 Å². The first kappa shape index (κ1) is 23.4. The standard InChI is InChI=1S/C28H29ClN2O2S/c1-34-26-8-2-7-25-24(26)19-20(23-6-3-15-30-27(23)33-25)5-4-16-31-17-13-28(32,14-18-31)21-9-11-22(29)12-10-21/h2-3,5-12,15,19,26,32H,4,13-14,16-18H2,1H3. The lowest BCUT2D eigenvalue weighted by Gasteiger charge is -2.38. The van der Waals surface area contributed by atoms with Crippen molar-refractivity contribution < 1.29 is 9.84 Å². The summed E-state index contributed by atoms with van der Waals surface area (Å²) >= 11 is 7.82. The van der Waals surface area contributed by atoms with Gasteiger partial charge in [0.15, 0.2) is 0 Å². The number of likely N-dealkylation sites (tertiary alicyclic amines) is 1. The van der Waals surface area contributed by atoms with Crippen molar-refractivity contribution in [3.8, 4) is 5.88 Å². The van der Waals surface area contributed by atoms with Gasteiger partial charge in [-0.15, -0.1) is 0 Å². The van der Waals surface area contributed by atoms with Crippen molar-refractivity contribution >= 4 is 28.9 Å². The number of allylic oxidation sites excluding steroid dienone is 5. The van der Waals surface area contributed by atoms with Crippen LogP contribution in [0.15, 0.2) is 84.3 Å². The van der Waals surface area contributed by atoms with Gasteiger partial charge >= 0.3 is 0 Å². The maximum absolute atomic E-state index is 11.2. The first-order valence-corrected chi connectivity index (χ1v) is 13.4. The molecule has 1 aromatic carbocycles. The quantitative estimate of drug-likeness (QED) is 0.555. The van der Waals surface area contributed by atoms with Gasteiger partial charge in [-0.3, -0.25) is 0 Å². The van der Waals surface area contributed by atoms with Crippen LogP contribution in [0.3, 0.4) is 0 Å². The summed E-state index contributed by atoms with van der Waals surface area (Å²) in [5.41, 5.74) is 3.57. The topological polar surface area (TPSA) is 45.6 Å². The van der Waals surface area contributed by atoms with Crippen LogP contribution in [0.5, 0.6) is 5.88 Å². The number of rotatable bonds is 5. The number of fused-ring (bicyclic) bond motifs is 2. The van der Waals surface area contributed by atoms with E-state index in [1.165, 1.54) is 5.57 Å². The number of hydrogen-bond donors (Lipinski definition) is 1. The molecule has 1 saturated heterocycles. The molecular weight excluding hydrogens is 464 g/mol. The highest BCUT2D eigenvalue weighted by Crippen LogP contribution is 2.38. The highest BCUT2D eigenvalue weighted by atomic mass is 35.5. The molecule has 2 aliphatic heterocycles. The molecule has 0 bridgehead atoms. The molecule has 0 radical (unpaired) electrons. The van der Waals surface area contributed by atoms with Gasteiger partial charge in [-0.25, -0.2) is 4.98 Å². The van der Waals surface area contributed by atoms with E-state index in [0.29, 0.717) is 10.9 Å². The van der Waals surface area contributed by atoms with Crippen LogP contribution < -0.4 is 4.74 Å². The van der Waals surface area contributed by atoms with Crippen LogP contribution in [-0.2, 0) is 5.60 Å². The van der Waals surface area contributed by atoms with Gasteiger partial charge in [0.2, 0.25) is 5.88 Å². The van der Waals surface area contributed by atoms with Gasteiger partial charge in [0, 0.05) is 42.0 Å². The third-order valence-corrected chi connectivity index (χ3v) is 8.02. The molecule has 176 valence electrons. The predicted octanol–water partition coefficient (Wildman–Crippen LogP) is 6.00. The third kappa shape index (κ3) is 4.89. The van der Waals surface area contributed by atoms with Crippen LogP contribution in [0.1, 0.15) is 30.4 Å². The van der Waals surface area contributed by atoms with Crippen molar-refractivity contribution in [2.24, 2.45) is 0 Å². The SMILES string of the molecule is CSC1C=CC=C2Oc3ncccc3C(=CCCN3CCC(O)(c4ccc(Cl)cc4)CC3)C=C21. The lowest BCUT2D eigenvalue weighted by molar-refractivity contribution is -0.0254. The predicted molar refractivity (Wildman–Crippen MR) is 141 cm³/mol. The van der Waals surface area contributed by atoms with Gasteiger partial charge in [0.25, 0.3) is 0 Å². The summed E-state index contributed by atoms with van der Waals surface area (Å²) in [4.78, 5) is 6.94. The normalized spacial score (nSPS) is 22.8. The first-order valence-electron chi connectivity index (χ1n) is 11.7. The largest absolute Gasteiger partial charge is 0.438 e. The lowest BCUT2D eigenvalue weighted by Crippen LogP contribution is -2.42. The van der Waals surface area contributed by atoms with E-state index < -0.39 is 5.60 Å². The average Bonchev–Trinajstić information content (AvgIpc) is 3.02. The Labute approximate surface area is 210 Å². The Bertz CT molecular complexity index is 1160. The summed E-state index contributed by atoms with van der Waals surface area (Å²) in [7, 11) is 0. The number of benzene rings is 1. The van der Waals surface area contributed by atoms with E-state index in [-0.39, 0.29) is 5.25 Å². The van der Waals surface area contributed by atoms with E-state index in [4.69, 9.17) is 16.3 Å². The number of aromatic nitrogens is 1. The van der Waals surface area contributed by atoms with Crippen molar-refractivity contribution in [3.05, 3.63) is 100 Å². The minimum absolute atomic E-state index is 0.269. The third-order valence-electron chi connectivity index (χ3n) is 6.85. The molecular formula is C28H29ClN2O2S. The minimum atomic E-state index is -0.767. The molecule has 1 fully saturated rings. The van der Waals surface area contributed by atoms with Crippen LogP contribution in [0, 0.1) is 0 Å². The summed E-state index contributed by atoms with van der Waals surface area (Å²) in [6, 6.07) is 11.6. The second kappa shape index (κ2) is 10.1. The van der Waals surface area contributed by atoms with Gasteiger partial charge in [-0.2, -0.15) is 11.8 Å². The maximum atomic E-state index is 11.2. The highest BCUT2D eigenvalue weighted by molar-refractivity contribution is 7.99. The minimum Gasteiger partial charge on any atom is -0.438 e.